The molecule has 23 heavy (non-hydrogen) atoms. The molecule has 2 atom stereocenters. The molecule has 0 radical (unpaired) electrons. The highest BCUT2D eigenvalue weighted by atomic mass is 19.1. The van der Waals surface area contributed by atoms with Gasteiger partial charge in [0.1, 0.15) is 5.82 Å². The fourth-order valence-electron chi connectivity index (χ4n) is 3.95. The van der Waals surface area contributed by atoms with Crippen LogP contribution in [-0.4, -0.2) is 40.0 Å². The first-order valence-electron chi connectivity index (χ1n) is 8.21. The summed E-state index contributed by atoms with van der Waals surface area (Å²) in [5.74, 6) is 0.281. The molecular weight excluding hydrogens is 293 g/mol. The molecule has 1 spiro atoms. The summed E-state index contributed by atoms with van der Waals surface area (Å²) in [6, 6.07) is 6.88. The van der Waals surface area contributed by atoms with Crippen LogP contribution in [0, 0.1) is 5.82 Å². The SMILES string of the molecule is Cn1cc(C2COC3(CCN(Cc4cccc(F)c4)C3)C2)cn1. The van der Waals surface area contributed by atoms with Crippen molar-refractivity contribution >= 4 is 0 Å². The fourth-order valence-corrected chi connectivity index (χ4v) is 3.95. The van der Waals surface area contributed by atoms with Crippen molar-refractivity contribution < 1.29 is 9.13 Å². The van der Waals surface area contributed by atoms with Crippen LogP contribution < -0.4 is 0 Å². The molecule has 1 aromatic carbocycles. The van der Waals surface area contributed by atoms with Gasteiger partial charge in [0.05, 0.1) is 18.4 Å². The van der Waals surface area contributed by atoms with E-state index in [1.807, 2.05) is 24.0 Å². The fraction of sp³-hybridized carbons (Fsp3) is 0.500. The van der Waals surface area contributed by atoms with Crippen LogP contribution in [0.3, 0.4) is 0 Å². The van der Waals surface area contributed by atoms with Gasteiger partial charge in [-0.2, -0.15) is 5.10 Å². The largest absolute Gasteiger partial charge is 0.373 e. The maximum Gasteiger partial charge on any atom is 0.123 e. The average Bonchev–Trinajstić information content (AvgIpc) is 3.21. The highest BCUT2D eigenvalue weighted by Gasteiger charge is 2.45. The second-order valence-electron chi connectivity index (χ2n) is 6.93. The van der Waals surface area contributed by atoms with Crippen molar-refractivity contribution in [3.63, 3.8) is 0 Å². The quantitative estimate of drug-likeness (QED) is 0.872. The lowest BCUT2D eigenvalue weighted by Crippen LogP contribution is -2.32. The van der Waals surface area contributed by atoms with Crippen LogP contribution in [0.15, 0.2) is 36.7 Å². The molecule has 0 saturated carbocycles. The first-order chi connectivity index (χ1) is 11.1. The topological polar surface area (TPSA) is 30.3 Å². The number of hydrogen-bond donors (Lipinski definition) is 0. The van der Waals surface area contributed by atoms with E-state index in [9.17, 15) is 4.39 Å². The summed E-state index contributed by atoms with van der Waals surface area (Å²) in [7, 11) is 1.95. The van der Waals surface area contributed by atoms with Crippen molar-refractivity contribution in [3.8, 4) is 0 Å². The van der Waals surface area contributed by atoms with E-state index in [2.05, 4.69) is 16.2 Å². The molecule has 4 nitrogen and oxygen atoms in total. The first kappa shape index (κ1) is 14.8. The van der Waals surface area contributed by atoms with Crippen LogP contribution >= 0.6 is 0 Å². The smallest absolute Gasteiger partial charge is 0.123 e. The van der Waals surface area contributed by atoms with Crippen LogP contribution in [0.5, 0.6) is 0 Å². The second kappa shape index (κ2) is 5.73. The maximum absolute atomic E-state index is 13.3. The molecule has 0 amide bonds. The molecule has 0 N–H and O–H groups in total. The van der Waals surface area contributed by atoms with Gasteiger partial charge in [0.15, 0.2) is 0 Å². The van der Waals surface area contributed by atoms with Crippen LogP contribution in [-0.2, 0) is 18.3 Å². The first-order valence-corrected chi connectivity index (χ1v) is 8.21. The van der Waals surface area contributed by atoms with Crippen LogP contribution in [0.1, 0.15) is 29.9 Å². The van der Waals surface area contributed by atoms with E-state index in [1.165, 1.54) is 11.6 Å². The lowest BCUT2D eigenvalue weighted by Gasteiger charge is -2.23. The van der Waals surface area contributed by atoms with E-state index in [1.54, 1.807) is 12.1 Å². The van der Waals surface area contributed by atoms with Gasteiger partial charge in [-0.05, 0) is 36.1 Å². The number of halogens is 1. The van der Waals surface area contributed by atoms with E-state index < -0.39 is 0 Å². The molecule has 4 rings (SSSR count). The second-order valence-corrected chi connectivity index (χ2v) is 6.93. The Balaban J connectivity index is 1.40. The third kappa shape index (κ3) is 3.03. The third-order valence-electron chi connectivity index (χ3n) is 5.10. The van der Waals surface area contributed by atoms with E-state index in [4.69, 9.17) is 4.74 Å². The predicted molar refractivity (Wildman–Crippen MR) is 85.5 cm³/mol. The van der Waals surface area contributed by atoms with Crippen LogP contribution in [0.4, 0.5) is 4.39 Å². The number of rotatable bonds is 3. The Labute approximate surface area is 135 Å². The van der Waals surface area contributed by atoms with Gasteiger partial charge in [0, 0.05) is 38.8 Å². The van der Waals surface area contributed by atoms with E-state index >= 15 is 0 Å². The van der Waals surface area contributed by atoms with Gasteiger partial charge < -0.3 is 4.74 Å². The minimum atomic E-state index is -0.162. The summed E-state index contributed by atoms with van der Waals surface area (Å²) < 4.78 is 21.4. The number of likely N-dealkylation sites (tertiary alicyclic amines) is 1. The molecule has 2 aromatic rings. The minimum Gasteiger partial charge on any atom is -0.373 e. The molecule has 122 valence electrons. The third-order valence-corrected chi connectivity index (χ3v) is 5.10. The number of benzene rings is 1. The Kier molecular flexibility index (Phi) is 3.70. The van der Waals surface area contributed by atoms with Gasteiger partial charge in [-0.3, -0.25) is 9.58 Å². The van der Waals surface area contributed by atoms with Crippen molar-refractivity contribution in [3.05, 3.63) is 53.6 Å². The van der Waals surface area contributed by atoms with Gasteiger partial charge in [-0.15, -0.1) is 0 Å². The Hall–Kier alpha value is -1.72. The summed E-state index contributed by atoms with van der Waals surface area (Å²) in [4.78, 5) is 2.38. The summed E-state index contributed by atoms with van der Waals surface area (Å²) in [6.45, 7) is 3.51. The zero-order valence-electron chi connectivity index (χ0n) is 13.4. The molecule has 2 saturated heterocycles. The van der Waals surface area contributed by atoms with Gasteiger partial charge in [-0.1, -0.05) is 12.1 Å². The van der Waals surface area contributed by atoms with E-state index in [0.717, 1.165) is 44.6 Å². The summed E-state index contributed by atoms with van der Waals surface area (Å²) >= 11 is 0. The van der Waals surface area contributed by atoms with Crippen LogP contribution in [0.2, 0.25) is 0 Å². The number of hydrogen-bond acceptors (Lipinski definition) is 3. The molecule has 0 bridgehead atoms. The van der Waals surface area contributed by atoms with Gasteiger partial charge in [0.2, 0.25) is 0 Å². The summed E-state index contributed by atoms with van der Waals surface area (Å²) in [6.07, 6.45) is 6.15. The normalized spacial score (nSPS) is 28.0. The molecule has 0 aliphatic carbocycles. The Morgan fingerprint density at radius 1 is 1.43 bits per heavy atom. The molecule has 5 heteroatoms. The van der Waals surface area contributed by atoms with Crippen molar-refractivity contribution in [1.29, 1.82) is 0 Å². The average molecular weight is 315 g/mol. The Morgan fingerprint density at radius 2 is 2.35 bits per heavy atom. The highest BCUT2D eigenvalue weighted by Crippen LogP contribution is 2.42. The number of nitrogens with zero attached hydrogens (tertiary/aromatic N) is 3. The zero-order chi connectivity index (χ0) is 15.9. The standard InChI is InChI=1S/C18H22FN3O/c1-21-11-16(9-20-21)15-8-18(23-12-15)5-6-22(13-18)10-14-3-2-4-17(19)7-14/h2-4,7,9,11,15H,5-6,8,10,12-13H2,1H3. The van der Waals surface area contributed by atoms with Gasteiger partial charge in [-0.25, -0.2) is 4.39 Å². The summed E-state index contributed by atoms with van der Waals surface area (Å²) in [5.41, 5.74) is 2.27. The summed E-state index contributed by atoms with van der Waals surface area (Å²) in [5, 5.41) is 4.27. The lowest BCUT2D eigenvalue weighted by atomic mass is 9.90. The number of aromatic nitrogens is 2. The Bertz CT molecular complexity index is 701. The number of aryl methyl sites for hydroxylation is 1. The Morgan fingerprint density at radius 3 is 3.13 bits per heavy atom. The van der Waals surface area contributed by atoms with Crippen molar-refractivity contribution in [2.24, 2.45) is 7.05 Å². The maximum atomic E-state index is 13.3. The van der Waals surface area contributed by atoms with Crippen molar-refractivity contribution in [1.82, 2.24) is 14.7 Å². The molecule has 2 aliphatic heterocycles. The predicted octanol–water partition coefficient (Wildman–Crippen LogP) is 2.71. The molecule has 2 unspecified atom stereocenters. The molecule has 1 aromatic heterocycles. The van der Waals surface area contributed by atoms with E-state index in [0.29, 0.717) is 5.92 Å². The molecule has 2 fully saturated rings. The van der Waals surface area contributed by atoms with Gasteiger partial charge >= 0.3 is 0 Å². The van der Waals surface area contributed by atoms with Gasteiger partial charge in [0.25, 0.3) is 0 Å². The minimum absolute atomic E-state index is 0.0339. The number of ether oxygens (including phenoxy) is 1. The lowest BCUT2D eigenvalue weighted by molar-refractivity contribution is 0.0118. The molecule has 3 heterocycles. The monoisotopic (exact) mass is 315 g/mol. The van der Waals surface area contributed by atoms with Crippen LogP contribution in [0.25, 0.3) is 0 Å². The zero-order valence-corrected chi connectivity index (χ0v) is 13.4. The van der Waals surface area contributed by atoms with E-state index in [-0.39, 0.29) is 11.4 Å². The highest BCUT2D eigenvalue weighted by molar-refractivity contribution is 5.18. The van der Waals surface area contributed by atoms with Crippen molar-refractivity contribution in [2.45, 2.75) is 30.9 Å². The molecule has 2 aliphatic rings. The van der Waals surface area contributed by atoms with Crippen molar-refractivity contribution in [2.75, 3.05) is 19.7 Å². The molecular formula is C18H22FN3O.